The Morgan fingerprint density at radius 3 is 2.24 bits per heavy atom. The van der Waals surface area contributed by atoms with E-state index < -0.39 is 5.97 Å². The number of carbonyl (C=O) groups is 3. The van der Waals surface area contributed by atoms with Gasteiger partial charge in [0, 0.05) is 6.07 Å². The number of esters is 1. The number of fused-ring (bicyclic) bond motifs is 1. The molecule has 29 heavy (non-hydrogen) atoms. The Kier molecular flexibility index (Phi) is 5.34. The Morgan fingerprint density at radius 1 is 0.966 bits per heavy atom. The third kappa shape index (κ3) is 3.88. The van der Waals surface area contributed by atoms with E-state index in [9.17, 15) is 14.4 Å². The Bertz CT molecular complexity index is 913. The molecule has 1 saturated heterocycles. The predicted octanol–water partition coefficient (Wildman–Crippen LogP) is 3.52. The lowest BCUT2D eigenvalue weighted by Crippen LogP contribution is -2.30. The molecule has 2 aromatic rings. The molecule has 2 atom stereocenters. The van der Waals surface area contributed by atoms with Crippen LogP contribution in [0, 0.1) is 11.8 Å². The molecule has 2 aromatic carbocycles. The van der Waals surface area contributed by atoms with Gasteiger partial charge in [0.25, 0.3) is 0 Å². The van der Waals surface area contributed by atoms with Crippen molar-refractivity contribution < 1.29 is 23.9 Å². The SMILES string of the molecule is COc1ccc(CC(=O)Oc2cccc(N3C(=O)C4CCCCC4C3=O)c2)cc1. The van der Waals surface area contributed by atoms with Crippen molar-refractivity contribution in [3.63, 3.8) is 0 Å². The number of hydrogen-bond acceptors (Lipinski definition) is 5. The van der Waals surface area contributed by atoms with Gasteiger partial charge in [-0.1, -0.05) is 31.0 Å². The standard InChI is InChI=1S/C23H23NO5/c1-28-17-11-9-15(10-12-17)13-21(25)29-18-6-4-5-16(14-18)24-22(26)19-7-2-3-8-20(19)23(24)27/h4-6,9-12,14,19-20H,2-3,7-8,13H2,1H3. The molecule has 0 spiro atoms. The third-order valence-corrected chi connectivity index (χ3v) is 5.66. The van der Waals surface area contributed by atoms with Crippen LogP contribution in [-0.2, 0) is 20.8 Å². The van der Waals surface area contributed by atoms with E-state index in [-0.39, 0.29) is 30.1 Å². The molecule has 2 amide bonds. The van der Waals surface area contributed by atoms with Crippen molar-refractivity contribution in [1.82, 2.24) is 0 Å². The van der Waals surface area contributed by atoms with Crippen LogP contribution in [-0.4, -0.2) is 24.9 Å². The lowest BCUT2D eigenvalue weighted by Gasteiger charge is -2.19. The molecule has 2 aliphatic rings. The summed E-state index contributed by atoms with van der Waals surface area (Å²) in [4.78, 5) is 39.1. The first kappa shape index (κ1) is 19.2. The molecule has 0 N–H and O–H groups in total. The molecule has 0 radical (unpaired) electrons. The molecule has 4 rings (SSSR count). The molecule has 1 saturated carbocycles. The van der Waals surface area contributed by atoms with E-state index in [4.69, 9.17) is 9.47 Å². The normalized spacial score (nSPS) is 21.1. The van der Waals surface area contributed by atoms with Crippen molar-refractivity contribution in [3.8, 4) is 11.5 Å². The Balaban J connectivity index is 1.46. The number of carbonyl (C=O) groups excluding carboxylic acids is 3. The van der Waals surface area contributed by atoms with Gasteiger partial charge in [0.05, 0.1) is 31.1 Å². The highest BCUT2D eigenvalue weighted by Gasteiger charge is 2.48. The van der Waals surface area contributed by atoms with Crippen molar-refractivity contribution >= 4 is 23.5 Å². The smallest absolute Gasteiger partial charge is 0.315 e. The largest absolute Gasteiger partial charge is 0.497 e. The van der Waals surface area contributed by atoms with Gasteiger partial charge in [0.1, 0.15) is 11.5 Å². The average Bonchev–Trinajstić information content (AvgIpc) is 2.99. The average molecular weight is 393 g/mol. The molecule has 1 aliphatic carbocycles. The summed E-state index contributed by atoms with van der Waals surface area (Å²) in [7, 11) is 1.58. The van der Waals surface area contributed by atoms with Crippen LogP contribution in [0.1, 0.15) is 31.2 Å². The molecule has 6 heteroatoms. The Hall–Kier alpha value is -3.15. The van der Waals surface area contributed by atoms with Crippen LogP contribution in [0.25, 0.3) is 0 Å². The first-order chi connectivity index (χ1) is 14.1. The second-order valence-electron chi connectivity index (χ2n) is 7.51. The maximum absolute atomic E-state index is 12.8. The van der Waals surface area contributed by atoms with E-state index in [0.29, 0.717) is 11.4 Å². The number of anilines is 1. The molecule has 1 heterocycles. The molecular weight excluding hydrogens is 370 g/mol. The lowest BCUT2D eigenvalue weighted by atomic mass is 9.81. The van der Waals surface area contributed by atoms with Crippen LogP contribution in [0.2, 0.25) is 0 Å². The van der Waals surface area contributed by atoms with Crippen molar-refractivity contribution in [2.45, 2.75) is 32.1 Å². The maximum Gasteiger partial charge on any atom is 0.315 e. The quantitative estimate of drug-likeness (QED) is 0.441. The number of nitrogens with zero attached hydrogens (tertiary/aromatic N) is 1. The fourth-order valence-corrected chi connectivity index (χ4v) is 4.18. The number of amides is 2. The van der Waals surface area contributed by atoms with E-state index in [1.165, 1.54) is 4.90 Å². The second-order valence-corrected chi connectivity index (χ2v) is 7.51. The number of imide groups is 1. The van der Waals surface area contributed by atoms with Gasteiger partial charge in [-0.2, -0.15) is 0 Å². The van der Waals surface area contributed by atoms with Crippen molar-refractivity contribution in [2.24, 2.45) is 11.8 Å². The van der Waals surface area contributed by atoms with Gasteiger partial charge in [-0.25, -0.2) is 4.90 Å². The number of ether oxygens (including phenoxy) is 2. The molecule has 2 unspecified atom stereocenters. The molecule has 150 valence electrons. The summed E-state index contributed by atoms with van der Waals surface area (Å²) in [6.07, 6.45) is 3.61. The van der Waals surface area contributed by atoms with Gasteiger partial charge in [0.2, 0.25) is 11.8 Å². The van der Waals surface area contributed by atoms with E-state index in [2.05, 4.69) is 0 Å². The van der Waals surface area contributed by atoms with Crippen LogP contribution in [0.4, 0.5) is 5.69 Å². The Labute approximate surface area is 169 Å². The monoisotopic (exact) mass is 393 g/mol. The maximum atomic E-state index is 12.8. The summed E-state index contributed by atoms with van der Waals surface area (Å²) in [6, 6.07) is 13.8. The predicted molar refractivity (Wildman–Crippen MR) is 107 cm³/mol. The van der Waals surface area contributed by atoms with Crippen molar-refractivity contribution in [2.75, 3.05) is 12.0 Å². The molecule has 0 bridgehead atoms. The van der Waals surface area contributed by atoms with Crippen LogP contribution in [0.5, 0.6) is 11.5 Å². The van der Waals surface area contributed by atoms with E-state index >= 15 is 0 Å². The van der Waals surface area contributed by atoms with E-state index in [1.54, 1.807) is 55.6 Å². The molecule has 6 nitrogen and oxygen atoms in total. The lowest BCUT2D eigenvalue weighted by molar-refractivity contribution is -0.133. The highest BCUT2D eigenvalue weighted by molar-refractivity contribution is 6.22. The van der Waals surface area contributed by atoms with Gasteiger partial charge < -0.3 is 9.47 Å². The van der Waals surface area contributed by atoms with Crippen LogP contribution < -0.4 is 14.4 Å². The molecular formula is C23H23NO5. The molecule has 1 aliphatic heterocycles. The van der Waals surface area contributed by atoms with Crippen LogP contribution in [0.15, 0.2) is 48.5 Å². The third-order valence-electron chi connectivity index (χ3n) is 5.66. The minimum Gasteiger partial charge on any atom is -0.497 e. The number of benzene rings is 2. The van der Waals surface area contributed by atoms with Gasteiger partial charge in [-0.3, -0.25) is 14.4 Å². The fourth-order valence-electron chi connectivity index (χ4n) is 4.18. The van der Waals surface area contributed by atoms with Gasteiger partial charge in [-0.05, 0) is 42.7 Å². The number of hydrogen-bond donors (Lipinski definition) is 0. The van der Waals surface area contributed by atoms with E-state index in [0.717, 1.165) is 37.0 Å². The van der Waals surface area contributed by atoms with Crippen molar-refractivity contribution in [3.05, 3.63) is 54.1 Å². The van der Waals surface area contributed by atoms with Gasteiger partial charge >= 0.3 is 5.97 Å². The summed E-state index contributed by atoms with van der Waals surface area (Å²) in [5, 5.41) is 0. The zero-order chi connectivity index (χ0) is 20.4. The summed E-state index contributed by atoms with van der Waals surface area (Å²) < 4.78 is 10.6. The highest BCUT2D eigenvalue weighted by Crippen LogP contribution is 2.40. The first-order valence-corrected chi connectivity index (χ1v) is 9.88. The van der Waals surface area contributed by atoms with Gasteiger partial charge in [0.15, 0.2) is 0 Å². The number of methoxy groups -OCH3 is 1. The molecule has 2 fully saturated rings. The van der Waals surface area contributed by atoms with E-state index in [1.807, 2.05) is 0 Å². The second kappa shape index (κ2) is 8.07. The fraction of sp³-hybridized carbons (Fsp3) is 0.348. The highest BCUT2D eigenvalue weighted by atomic mass is 16.5. The van der Waals surface area contributed by atoms with Crippen LogP contribution >= 0.6 is 0 Å². The zero-order valence-electron chi connectivity index (χ0n) is 16.3. The Morgan fingerprint density at radius 2 is 1.62 bits per heavy atom. The minimum atomic E-state index is -0.417. The van der Waals surface area contributed by atoms with Crippen molar-refractivity contribution in [1.29, 1.82) is 0 Å². The van der Waals surface area contributed by atoms with Crippen LogP contribution in [0.3, 0.4) is 0 Å². The summed E-state index contributed by atoms with van der Waals surface area (Å²) in [5.74, 6) is -0.0789. The summed E-state index contributed by atoms with van der Waals surface area (Å²) in [5.41, 5.74) is 1.27. The summed E-state index contributed by atoms with van der Waals surface area (Å²) >= 11 is 0. The first-order valence-electron chi connectivity index (χ1n) is 9.88. The van der Waals surface area contributed by atoms with Gasteiger partial charge in [-0.15, -0.1) is 0 Å². The summed E-state index contributed by atoms with van der Waals surface area (Å²) in [6.45, 7) is 0. The zero-order valence-corrected chi connectivity index (χ0v) is 16.3. The minimum absolute atomic E-state index is 0.111. The number of rotatable bonds is 5. The topological polar surface area (TPSA) is 72.9 Å². The molecule has 0 aromatic heterocycles.